The first-order chi connectivity index (χ1) is 13.1. The predicted molar refractivity (Wildman–Crippen MR) is 109 cm³/mol. The summed E-state index contributed by atoms with van der Waals surface area (Å²) in [4.78, 5) is 18.5. The van der Waals surface area contributed by atoms with Crippen LogP contribution in [0.25, 0.3) is 11.0 Å². The molecule has 0 spiro atoms. The summed E-state index contributed by atoms with van der Waals surface area (Å²) in [5.41, 5.74) is 3.04. The first kappa shape index (κ1) is 20.0. The van der Waals surface area contributed by atoms with Gasteiger partial charge in [0, 0.05) is 33.8 Å². The average molecular weight is 401 g/mol. The summed E-state index contributed by atoms with van der Waals surface area (Å²) >= 11 is 0. The molecule has 7 nitrogen and oxygen atoms in total. The number of amides is 1. The van der Waals surface area contributed by atoms with Gasteiger partial charge in [0.2, 0.25) is 10.0 Å². The second-order valence-electron chi connectivity index (χ2n) is 7.06. The molecule has 3 rings (SSSR count). The molecular formula is C20H24N4O3S. The van der Waals surface area contributed by atoms with Gasteiger partial charge in [-0.1, -0.05) is 17.7 Å². The molecule has 0 aliphatic carbocycles. The second kappa shape index (κ2) is 7.37. The van der Waals surface area contributed by atoms with E-state index in [1.807, 2.05) is 24.6 Å². The Hall–Kier alpha value is -2.71. The lowest BCUT2D eigenvalue weighted by atomic mass is 10.2. The summed E-state index contributed by atoms with van der Waals surface area (Å²) in [6.07, 6.45) is 0. The molecule has 3 aromatic rings. The van der Waals surface area contributed by atoms with Gasteiger partial charge in [0.15, 0.2) is 0 Å². The number of carbonyl (C=O) groups excluding carboxylic acids is 1. The summed E-state index contributed by atoms with van der Waals surface area (Å²) < 4.78 is 28.8. The van der Waals surface area contributed by atoms with Crippen LogP contribution in [0.15, 0.2) is 47.4 Å². The Bertz CT molecular complexity index is 1130. The van der Waals surface area contributed by atoms with Crippen molar-refractivity contribution in [3.63, 3.8) is 0 Å². The molecule has 0 saturated carbocycles. The zero-order valence-corrected chi connectivity index (χ0v) is 17.5. The number of nitrogens with zero attached hydrogens (tertiary/aromatic N) is 4. The summed E-state index contributed by atoms with van der Waals surface area (Å²) in [5, 5.41) is 0. The van der Waals surface area contributed by atoms with Gasteiger partial charge in [-0.25, -0.2) is 13.4 Å². The highest BCUT2D eigenvalue weighted by molar-refractivity contribution is 7.89. The third-order valence-electron chi connectivity index (χ3n) is 4.72. The molecule has 0 unspecified atom stereocenters. The van der Waals surface area contributed by atoms with Crippen LogP contribution in [0.3, 0.4) is 0 Å². The molecule has 2 aromatic carbocycles. The summed E-state index contributed by atoms with van der Waals surface area (Å²) in [5.74, 6) is 0.496. The third-order valence-corrected chi connectivity index (χ3v) is 6.54. The number of rotatable bonds is 5. The lowest BCUT2D eigenvalue weighted by Gasteiger charge is -2.17. The van der Waals surface area contributed by atoms with Gasteiger partial charge >= 0.3 is 0 Å². The van der Waals surface area contributed by atoms with E-state index < -0.39 is 10.0 Å². The van der Waals surface area contributed by atoms with E-state index in [1.165, 1.54) is 16.3 Å². The van der Waals surface area contributed by atoms with Crippen LogP contribution in [0.4, 0.5) is 0 Å². The highest BCUT2D eigenvalue weighted by Gasteiger charge is 2.23. The van der Waals surface area contributed by atoms with Crippen LogP contribution in [-0.4, -0.2) is 54.2 Å². The smallest absolute Gasteiger partial charge is 0.253 e. The molecule has 0 aliphatic heterocycles. The van der Waals surface area contributed by atoms with E-state index in [4.69, 9.17) is 0 Å². The quantitative estimate of drug-likeness (QED) is 0.659. The fraction of sp³-hybridized carbons (Fsp3) is 0.300. The number of carbonyl (C=O) groups is 1. The molecule has 0 saturated heterocycles. The van der Waals surface area contributed by atoms with Crippen molar-refractivity contribution >= 4 is 27.0 Å². The summed E-state index contributed by atoms with van der Waals surface area (Å²) in [7, 11) is 3.14. The largest absolute Gasteiger partial charge is 0.345 e. The zero-order chi connectivity index (χ0) is 20.6. The highest BCUT2D eigenvalue weighted by atomic mass is 32.2. The van der Waals surface area contributed by atoms with E-state index >= 15 is 0 Å². The van der Waals surface area contributed by atoms with E-state index in [1.54, 1.807) is 50.5 Å². The van der Waals surface area contributed by atoms with Gasteiger partial charge < -0.3 is 9.47 Å². The molecule has 0 aliphatic rings. The van der Waals surface area contributed by atoms with Crippen LogP contribution >= 0.6 is 0 Å². The molecule has 0 bridgehead atoms. The van der Waals surface area contributed by atoms with Crippen molar-refractivity contribution in [2.24, 2.45) is 7.05 Å². The molecule has 0 radical (unpaired) electrons. The first-order valence-corrected chi connectivity index (χ1v) is 10.3. The normalized spacial score (nSPS) is 11.9. The number of aryl methyl sites for hydroxylation is 2. The Morgan fingerprint density at radius 1 is 1.07 bits per heavy atom. The van der Waals surface area contributed by atoms with E-state index in [9.17, 15) is 13.2 Å². The van der Waals surface area contributed by atoms with Crippen molar-refractivity contribution in [1.82, 2.24) is 18.8 Å². The van der Waals surface area contributed by atoms with E-state index in [0.717, 1.165) is 11.1 Å². The van der Waals surface area contributed by atoms with Crippen molar-refractivity contribution < 1.29 is 13.2 Å². The number of fused-ring (bicyclic) bond motifs is 1. The SMILES string of the molecule is Cc1ccc(S(=O)(=O)N(C)Cc2nc3cc(C(=O)N(C)C)ccc3n2C)cc1. The van der Waals surface area contributed by atoms with Crippen LogP contribution in [0, 0.1) is 6.92 Å². The predicted octanol–water partition coefficient (Wildman–Crippen LogP) is 2.40. The molecule has 8 heteroatoms. The minimum absolute atomic E-state index is 0.104. The Labute approximate surface area is 165 Å². The average Bonchev–Trinajstić information content (AvgIpc) is 2.96. The second-order valence-corrected chi connectivity index (χ2v) is 9.11. The highest BCUT2D eigenvalue weighted by Crippen LogP contribution is 2.21. The number of imidazole rings is 1. The number of sulfonamides is 1. The van der Waals surface area contributed by atoms with Gasteiger partial charge in [-0.3, -0.25) is 4.79 Å². The van der Waals surface area contributed by atoms with Crippen molar-refractivity contribution in [2.75, 3.05) is 21.1 Å². The van der Waals surface area contributed by atoms with Crippen molar-refractivity contribution in [2.45, 2.75) is 18.4 Å². The van der Waals surface area contributed by atoms with Crippen LogP contribution in [0.1, 0.15) is 21.7 Å². The van der Waals surface area contributed by atoms with E-state index in [0.29, 0.717) is 16.9 Å². The van der Waals surface area contributed by atoms with Gasteiger partial charge in [0.05, 0.1) is 22.5 Å². The van der Waals surface area contributed by atoms with Gasteiger partial charge in [-0.05, 0) is 37.3 Å². The molecule has 0 fully saturated rings. The first-order valence-electron chi connectivity index (χ1n) is 8.81. The molecule has 1 aromatic heterocycles. The molecule has 0 atom stereocenters. The Morgan fingerprint density at radius 3 is 2.32 bits per heavy atom. The topological polar surface area (TPSA) is 75.5 Å². The number of hydrogen-bond acceptors (Lipinski definition) is 4. The van der Waals surface area contributed by atoms with Crippen LogP contribution in [0.2, 0.25) is 0 Å². The maximum absolute atomic E-state index is 12.8. The number of hydrogen-bond donors (Lipinski definition) is 0. The van der Waals surface area contributed by atoms with Crippen LogP contribution in [-0.2, 0) is 23.6 Å². The molecule has 148 valence electrons. The fourth-order valence-corrected chi connectivity index (χ4v) is 4.08. The standard InChI is InChI=1S/C20H24N4O3S/c1-14-6-9-16(10-7-14)28(26,27)23(4)13-19-21-17-12-15(20(25)22(2)3)8-11-18(17)24(19)5/h6-12H,13H2,1-5H3. The van der Waals surface area contributed by atoms with Crippen LogP contribution < -0.4 is 0 Å². The van der Waals surface area contributed by atoms with Crippen molar-refractivity contribution in [3.05, 3.63) is 59.4 Å². The molecule has 1 amide bonds. The lowest BCUT2D eigenvalue weighted by molar-refractivity contribution is 0.0827. The van der Waals surface area contributed by atoms with Gasteiger partial charge in [0.25, 0.3) is 5.91 Å². The maximum Gasteiger partial charge on any atom is 0.253 e. The monoisotopic (exact) mass is 400 g/mol. The Kier molecular flexibility index (Phi) is 5.27. The van der Waals surface area contributed by atoms with Gasteiger partial charge in [0.1, 0.15) is 5.82 Å². The van der Waals surface area contributed by atoms with Crippen LogP contribution in [0.5, 0.6) is 0 Å². The van der Waals surface area contributed by atoms with Crippen molar-refractivity contribution in [1.29, 1.82) is 0 Å². The van der Waals surface area contributed by atoms with Crippen molar-refractivity contribution in [3.8, 4) is 0 Å². The Balaban J connectivity index is 1.92. The minimum Gasteiger partial charge on any atom is -0.345 e. The fourth-order valence-electron chi connectivity index (χ4n) is 2.96. The number of benzene rings is 2. The summed E-state index contributed by atoms with van der Waals surface area (Å²) in [6, 6.07) is 12.1. The number of aromatic nitrogens is 2. The summed E-state index contributed by atoms with van der Waals surface area (Å²) in [6.45, 7) is 2.03. The zero-order valence-electron chi connectivity index (χ0n) is 16.7. The van der Waals surface area contributed by atoms with Gasteiger partial charge in [-0.2, -0.15) is 4.31 Å². The molecule has 0 N–H and O–H groups in total. The molecule has 1 heterocycles. The van der Waals surface area contributed by atoms with E-state index in [2.05, 4.69) is 4.98 Å². The van der Waals surface area contributed by atoms with E-state index in [-0.39, 0.29) is 17.3 Å². The Morgan fingerprint density at radius 2 is 1.71 bits per heavy atom. The minimum atomic E-state index is -3.62. The lowest BCUT2D eigenvalue weighted by Crippen LogP contribution is -2.27. The molecular weight excluding hydrogens is 376 g/mol. The third kappa shape index (κ3) is 3.65. The maximum atomic E-state index is 12.8. The van der Waals surface area contributed by atoms with Gasteiger partial charge in [-0.15, -0.1) is 0 Å². The molecule has 28 heavy (non-hydrogen) atoms.